The van der Waals surface area contributed by atoms with E-state index < -0.39 is 0 Å². The molecule has 0 aromatic heterocycles. The molecule has 5 nitrogen and oxygen atoms in total. The third kappa shape index (κ3) is 2.71. The van der Waals surface area contributed by atoms with Crippen LogP contribution in [0.15, 0.2) is 0 Å². The van der Waals surface area contributed by atoms with Gasteiger partial charge < -0.3 is 9.64 Å². The van der Waals surface area contributed by atoms with Gasteiger partial charge in [-0.25, -0.2) is 0 Å². The number of rotatable bonds is 3. The smallest absolute Gasteiger partial charge is 0.236 e. The van der Waals surface area contributed by atoms with Gasteiger partial charge in [-0.1, -0.05) is 0 Å². The van der Waals surface area contributed by atoms with Crippen molar-refractivity contribution >= 4 is 5.91 Å². The molecule has 1 saturated carbocycles. The van der Waals surface area contributed by atoms with Crippen molar-refractivity contribution in [2.45, 2.75) is 25.0 Å². The van der Waals surface area contributed by atoms with E-state index in [2.05, 4.69) is 6.07 Å². The number of likely N-dealkylation sites (N-methyl/N-ethyl adjacent to an activating group) is 1. The van der Waals surface area contributed by atoms with Crippen LogP contribution in [0, 0.1) is 11.3 Å². The van der Waals surface area contributed by atoms with E-state index >= 15 is 0 Å². The molecule has 0 N–H and O–H groups in total. The largest absolute Gasteiger partial charge is 0.361 e. The van der Waals surface area contributed by atoms with E-state index in [1.54, 1.807) is 0 Å². The highest BCUT2D eigenvalue weighted by molar-refractivity contribution is 5.78. The molecule has 1 aliphatic heterocycles. The monoisotopic (exact) mass is 223 g/mol. The fourth-order valence-corrected chi connectivity index (χ4v) is 1.89. The standard InChI is InChI=1S/C11H17N3O2/c1-13(9-2-3-9)11(15)8-14-4-5-16-10(6-12)7-14/h9-10H,2-5,7-8H2,1H3. The third-order valence-electron chi connectivity index (χ3n) is 3.14. The zero-order valence-corrected chi connectivity index (χ0v) is 9.56. The lowest BCUT2D eigenvalue weighted by atomic mass is 10.3. The Morgan fingerprint density at radius 3 is 3.00 bits per heavy atom. The molecular weight excluding hydrogens is 206 g/mol. The van der Waals surface area contributed by atoms with Crippen LogP contribution in [0.2, 0.25) is 0 Å². The van der Waals surface area contributed by atoms with Crippen LogP contribution < -0.4 is 0 Å². The predicted octanol–water partition coefficient (Wildman–Crippen LogP) is -0.168. The molecule has 2 rings (SSSR count). The minimum Gasteiger partial charge on any atom is -0.361 e. The maximum Gasteiger partial charge on any atom is 0.236 e. The molecule has 1 saturated heterocycles. The second-order valence-electron chi connectivity index (χ2n) is 4.46. The number of hydrogen-bond donors (Lipinski definition) is 0. The Morgan fingerprint density at radius 1 is 1.62 bits per heavy atom. The van der Waals surface area contributed by atoms with Crippen molar-refractivity contribution in [3.8, 4) is 6.07 Å². The average molecular weight is 223 g/mol. The normalized spacial score (nSPS) is 26.1. The highest BCUT2D eigenvalue weighted by Crippen LogP contribution is 2.25. The lowest BCUT2D eigenvalue weighted by Crippen LogP contribution is -2.47. The lowest BCUT2D eigenvalue weighted by Gasteiger charge is -2.30. The fourth-order valence-electron chi connectivity index (χ4n) is 1.89. The summed E-state index contributed by atoms with van der Waals surface area (Å²) in [4.78, 5) is 15.7. The molecule has 88 valence electrons. The zero-order valence-electron chi connectivity index (χ0n) is 9.56. The summed E-state index contributed by atoms with van der Waals surface area (Å²) >= 11 is 0. The van der Waals surface area contributed by atoms with Gasteiger partial charge in [0.25, 0.3) is 0 Å². The van der Waals surface area contributed by atoms with Crippen molar-refractivity contribution in [1.82, 2.24) is 9.80 Å². The minimum atomic E-state index is -0.382. The molecule has 1 unspecified atom stereocenters. The minimum absolute atomic E-state index is 0.154. The highest BCUT2D eigenvalue weighted by atomic mass is 16.5. The van der Waals surface area contributed by atoms with Crippen molar-refractivity contribution < 1.29 is 9.53 Å². The van der Waals surface area contributed by atoms with Gasteiger partial charge in [-0.3, -0.25) is 9.69 Å². The number of carbonyl (C=O) groups excluding carboxylic acids is 1. The summed E-state index contributed by atoms with van der Waals surface area (Å²) in [7, 11) is 1.86. The Morgan fingerprint density at radius 2 is 2.38 bits per heavy atom. The summed E-state index contributed by atoms with van der Waals surface area (Å²) in [6.45, 7) is 2.23. The average Bonchev–Trinajstić information content (AvgIpc) is 3.12. The zero-order chi connectivity index (χ0) is 11.5. The van der Waals surface area contributed by atoms with Crippen LogP contribution in [0.25, 0.3) is 0 Å². The quantitative estimate of drug-likeness (QED) is 0.666. The number of nitrogens with zero attached hydrogens (tertiary/aromatic N) is 3. The number of hydrogen-bond acceptors (Lipinski definition) is 4. The Kier molecular flexibility index (Phi) is 3.42. The second kappa shape index (κ2) is 4.81. The predicted molar refractivity (Wildman–Crippen MR) is 57.6 cm³/mol. The van der Waals surface area contributed by atoms with E-state index in [0.717, 1.165) is 19.4 Å². The molecule has 1 aliphatic carbocycles. The summed E-state index contributed by atoms with van der Waals surface area (Å²) in [6, 6.07) is 2.54. The number of nitriles is 1. The van der Waals surface area contributed by atoms with Crippen LogP contribution in [0.1, 0.15) is 12.8 Å². The van der Waals surface area contributed by atoms with Gasteiger partial charge in [0.05, 0.1) is 19.2 Å². The molecule has 1 atom stereocenters. The molecule has 2 aliphatic rings. The maximum atomic E-state index is 11.8. The highest BCUT2D eigenvalue weighted by Gasteiger charge is 2.31. The van der Waals surface area contributed by atoms with Crippen molar-refractivity contribution in [1.29, 1.82) is 5.26 Å². The van der Waals surface area contributed by atoms with Gasteiger partial charge in [-0.2, -0.15) is 5.26 Å². The number of morpholine rings is 1. The number of amides is 1. The van der Waals surface area contributed by atoms with Crippen LogP contribution in [0.4, 0.5) is 0 Å². The third-order valence-corrected chi connectivity index (χ3v) is 3.14. The van der Waals surface area contributed by atoms with E-state index in [4.69, 9.17) is 10.00 Å². The summed E-state index contributed by atoms with van der Waals surface area (Å²) in [5.41, 5.74) is 0. The molecule has 5 heteroatoms. The van der Waals surface area contributed by atoms with Crippen LogP contribution in [-0.2, 0) is 9.53 Å². The maximum absolute atomic E-state index is 11.8. The molecule has 0 aromatic carbocycles. The first kappa shape index (κ1) is 11.4. The van der Waals surface area contributed by atoms with E-state index in [0.29, 0.717) is 25.7 Å². The van der Waals surface area contributed by atoms with Crippen molar-refractivity contribution in [2.75, 3.05) is 33.3 Å². The van der Waals surface area contributed by atoms with Gasteiger partial charge >= 0.3 is 0 Å². The molecule has 0 radical (unpaired) electrons. The Balaban J connectivity index is 1.79. The molecule has 16 heavy (non-hydrogen) atoms. The van der Waals surface area contributed by atoms with Crippen LogP contribution >= 0.6 is 0 Å². The van der Waals surface area contributed by atoms with Gasteiger partial charge in [-0.05, 0) is 12.8 Å². The van der Waals surface area contributed by atoms with Crippen LogP contribution in [-0.4, -0.2) is 61.1 Å². The number of ether oxygens (including phenoxy) is 1. The van der Waals surface area contributed by atoms with Gasteiger partial charge in [0, 0.05) is 26.2 Å². The topological polar surface area (TPSA) is 56.6 Å². The molecule has 1 heterocycles. The summed E-state index contributed by atoms with van der Waals surface area (Å²) < 4.78 is 5.23. The van der Waals surface area contributed by atoms with E-state index in [-0.39, 0.29) is 12.0 Å². The number of carbonyl (C=O) groups is 1. The first-order valence-electron chi connectivity index (χ1n) is 5.70. The van der Waals surface area contributed by atoms with Gasteiger partial charge in [0.15, 0.2) is 6.10 Å². The molecule has 0 aromatic rings. The van der Waals surface area contributed by atoms with Crippen LogP contribution in [0.5, 0.6) is 0 Å². The second-order valence-corrected chi connectivity index (χ2v) is 4.46. The molecule has 2 fully saturated rings. The fraction of sp³-hybridized carbons (Fsp3) is 0.818. The summed E-state index contributed by atoms with van der Waals surface area (Å²) in [5, 5.41) is 8.75. The first-order valence-corrected chi connectivity index (χ1v) is 5.70. The molecular formula is C11H17N3O2. The molecule has 0 spiro atoms. The SMILES string of the molecule is CN(C(=O)CN1CCOC(C#N)C1)C1CC1. The molecule has 0 bridgehead atoms. The Bertz CT molecular complexity index is 309. The van der Waals surface area contributed by atoms with Gasteiger partial charge in [0.2, 0.25) is 5.91 Å². The first-order chi connectivity index (χ1) is 7.70. The van der Waals surface area contributed by atoms with E-state index in [9.17, 15) is 4.79 Å². The summed E-state index contributed by atoms with van der Waals surface area (Å²) in [6.07, 6.45) is 1.88. The van der Waals surface area contributed by atoms with Crippen molar-refractivity contribution in [3.05, 3.63) is 0 Å². The van der Waals surface area contributed by atoms with Gasteiger partial charge in [0.1, 0.15) is 0 Å². The lowest BCUT2D eigenvalue weighted by molar-refractivity contribution is -0.133. The van der Waals surface area contributed by atoms with Crippen LogP contribution in [0.3, 0.4) is 0 Å². The van der Waals surface area contributed by atoms with Crippen molar-refractivity contribution in [2.24, 2.45) is 0 Å². The van der Waals surface area contributed by atoms with Gasteiger partial charge in [-0.15, -0.1) is 0 Å². The van der Waals surface area contributed by atoms with Crippen molar-refractivity contribution in [3.63, 3.8) is 0 Å². The Labute approximate surface area is 95.6 Å². The Hall–Kier alpha value is -1.12. The van der Waals surface area contributed by atoms with E-state index in [1.165, 1.54) is 0 Å². The summed E-state index contributed by atoms with van der Waals surface area (Å²) in [5.74, 6) is 0.154. The molecule has 1 amide bonds. The van der Waals surface area contributed by atoms with E-state index in [1.807, 2.05) is 16.8 Å².